The molecule has 4 nitrogen and oxygen atoms in total. The Labute approximate surface area is 105 Å². The zero-order chi connectivity index (χ0) is 13.8. The van der Waals surface area contributed by atoms with Crippen LogP contribution in [0.2, 0.25) is 0 Å². The van der Waals surface area contributed by atoms with Crippen molar-refractivity contribution in [2.75, 3.05) is 0 Å². The topological polar surface area (TPSA) is 72.2 Å². The third kappa shape index (κ3) is 8.86. The number of amides is 1. The number of carbonyl (C=O) groups excluding carboxylic acids is 2. The van der Waals surface area contributed by atoms with Crippen molar-refractivity contribution in [3.8, 4) is 0 Å². The van der Waals surface area contributed by atoms with Gasteiger partial charge in [-0.2, -0.15) is 0 Å². The molecule has 0 bridgehead atoms. The van der Waals surface area contributed by atoms with Gasteiger partial charge in [-0.25, -0.2) is 0 Å². The Morgan fingerprint density at radius 2 is 1.59 bits per heavy atom. The molecule has 0 rings (SSSR count). The maximum Gasteiger partial charge on any atom is 0.289 e. The van der Waals surface area contributed by atoms with E-state index < -0.39 is 17.7 Å². The molecule has 0 aliphatic rings. The molecule has 0 aromatic rings. The van der Waals surface area contributed by atoms with Crippen molar-refractivity contribution < 1.29 is 9.59 Å². The molecule has 2 unspecified atom stereocenters. The first-order chi connectivity index (χ1) is 8.02. The standard InChI is InChI=1S/C11H22N2O2.C2H6/c1-4-6-8(3)13-11(15)10(14)9(12)7-5-2;1-2/h8-9H,4-7,12H2,1-3H3,(H,13,15);1-2H3. The molecule has 0 aromatic carbocycles. The average Bonchev–Trinajstić information content (AvgIpc) is 2.31. The molecule has 0 fully saturated rings. The van der Waals surface area contributed by atoms with E-state index in [9.17, 15) is 9.59 Å². The number of nitrogens with one attached hydrogen (secondary N) is 1. The minimum atomic E-state index is -0.649. The number of hydrogen-bond donors (Lipinski definition) is 2. The van der Waals surface area contributed by atoms with Crippen LogP contribution >= 0.6 is 0 Å². The summed E-state index contributed by atoms with van der Waals surface area (Å²) in [5.74, 6) is -1.04. The van der Waals surface area contributed by atoms with Crippen molar-refractivity contribution in [1.29, 1.82) is 0 Å². The van der Waals surface area contributed by atoms with Crippen LogP contribution in [0.3, 0.4) is 0 Å². The maximum atomic E-state index is 11.4. The van der Waals surface area contributed by atoms with Gasteiger partial charge in [-0.05, 0) is 19.8 Å². The lowest BCUT2D eigenvalue weighted by Gasteiger charge is -2.14. The molecule has 4 heteroatoms. The summed E-state index contributed by atoms with van der Waals surface area (Å²) in [4.78, 5) is 22.8. The Bertz CT molecular complexity index is 217. The fraction of sp³-hybridized carbons (Fsp3) is 0.846. The molecule has 0 aliphatic heterocycles. The predicted octanol–water partition coefficient (Wildman–Crippen LogP) is 2.01. The van der Waals surface area contributed by atoms with E-state index in [1.807, 2.05) is 34.6 Å². The zero-order valence-corrected chi connectivity index (χ0v) is 11.9. The normalized spacial score (nSPS) is 13.1. The van der Waals surface area contributed by atoms with Crippen LogP contribution in [0.1, 0.15) is 60.3 Å². The Morgan fingerprint density at radius 3 is 2.00 bits per heavy atom. The summed E-state index contributed by atoms with van der Waals surface area (Å²) >= 11 is 0. The van der Waals surface area contributed by atoms with E-state index in [4.69, 9.17) is 5.73 Å². The summed E-state index contributed by atoms with van der Waals surface area (Å²) in [5.41, 5.74) is 5.57. The fourth-order valence-electron chi connectivity index (χ4n) is 1.41. The van der Waals surface area contributed by atoms with E-state index in [1.54, 1.807) is 0 Å². The van der Waals surface area contributed by atoms with Crippen LogP contribution < -0.4 is 11.1 Å². The summed E-state index contributed by atoms with van der Waals surface area (Å²) in [6.07, 6.45) is 3.23. The van der Waals surface area contributed by atoms with E-state index >= 15 is 0 Å². The minimum absolute atomic E-state index is 0.0419. The Morgan fingerprint density at radius 1 is 1.12 bits per heavy atom. The first kappa shape index (κ1) is 18.5. The van der Waals surface area contributed by atoms with Gasteiger partial charge in [0, 0.05) is 6.04 Å². The molecule has 0 radical (unpaired) electrons. The van der Waals surface area contributed by atoms with Crippen molar-refractivity contribution in [1.82, 2.24) is 5.32 Å². The molecule has 0 heterocycles. The highest BCUT2D eigenvalue weighted by molar-refractivity contribution is 6.38. The third-order valence-electron chi connectivity index (χ3n) is 2.26. The lowest BCUT2D eigenvalue weighted by molar-refractivity contribution is -0.139. The summed E-state index contributed by atoms with van der Waals surface area (Å²) in [7, 11) is 0. The van der Waals surface area contributed by atoms with Gasteiger partial charge in [-0.1, -0.05) is 40.5 Å². The van der Waals surface area contributed by atoms with Gasteiger partial charge in [0.05, 0.1) is 6.04 Å². The maximum absolute atomic E-state index is 11.4. The van der Waals surface area contributed by atoms with Crippen molar-refractivity contribution in [2.24, 2.45) is 5.73 Å². The largest absolute Gasteiger partial charge is 0.347 e. The molecule has 0 aromatic heterocycles. The van der Waals surface area contributed by atoms with E-state index in [0.717, 1.165) is 19.3 Å². The van der Waals surface area contributed by atoms with Gasteiger partial charge >= 0.3 is 0 Å². The van der Waals surface area contributed by atoms with Crippen molar-refractivity contribution >= 4 is 11.7 Å². The monoisotopic (exact) mass is 244 g/mol. The van der Waals surface area contributed by atoms with Gasteiger partial charge in [0.25, 0.3) is 5.91 Å². The van der Waals surface area contributed by atoms with E-state index in [2.05, 4.69) is 5.32 Å². The molecule has 0 spiro atoms. The fourth-order valence-corrected chi connectivity index (χ4v) is 1.41. The second-order valence-electron chi connectivity index (χ2n) is 3.92. The van der Waals surface area contributed by atoms with Crippen LogP contribution in [-0.4, -0.2) is 23.8 Å². The molecule has 0 saturated heterocycles. The molecule has 2 atom stereocenters. The smallest absolute Gasteiger partial charge is 0.289 e. The SMILES string of the molecule is CC.CCCC(C)NC(=O)C(=O)C(N)CCC. The van der Waals surface area contributed by atoms with Gasteiger partial charge in [0.1, 0.15) is 0 Å². The average molecular weight is 244 g/mol. The van der Waals surface area contributed by atoms with E-state index in [0.29, 0.717) is 6.42 Å². The molecule has 0 aliphatic carbocycles. The van der Waals surface area contributed by atoms with Gasteiger partial charge < -0.3 is 11.1 Å². The summed E-state index contributed by atoms with van der Waals surface area (Å²) in [5, 5.41) is 2.65. The number of rotatable bonds is 7. The first-order valence-corrected chi connectivity index (χ1v) is 6.63. The number of carbonyl (C=O) groups is 2. The number of nitrogens with two attached hydrogens (primary N) is 1. The van der Waals surface area contributed by atoms with E-state index in [-0.39, 0.29) is 6.04 Å². The van der Waals surface area contributed by atoms with Gasteiger partial charge in [0.15, 0.2) is 0 Å². The quantitative estimate of drug-likeness (QED) is 0.673. The minimum Gasteiger partial charge on any atom is -0.347 e. The second-order valence-corrected chi connectivity index (χ2v) is 3.92. The van der Waals surface area contributed by atoms with Crippen molar-refractivity contribution in [3.05, 3.63) is 0 Å². The number of ketones is 1. The van der Waals surface area contributed by atoms with Crippen molar-refractivity contribution in [2.45, 2.75) is 72.4 Å². The highest BCUT2D eigenvalue weighted by Crippen LogP contribution is 1.98. The van der Waals surface area contributed by atoms with Gasteiger partial charge in [0.2, 0.25) is 5.78 Å². The summed E-state index contributed by atoms with van der Waals surface area (Å²) in [6, 6.07) is -0.607. The van der Waals surface area contributed by atoms with Crippen molar-refractivity contribution in [3.63, 3.8) is 0 Å². The summed E-state index contributed by atoms with van der Waals surface area (Å²) < 4.78 is 0. The molecular formula is C13H28N2O2. The predicted molar refractivity (Wildman–Crippen MR) is 71.8 cm³/mol. The number of hydrogen-bond acceptors (Lipinski definition) is 3. The van der Waals surface area contributed by atoms with Crippen LogP contribution in [0.5, 0.6) is 0 Å². The highest BCUT2D eigenvalue weighted by atomic mass is 16.2. The molecule has 3 N–H and O–H groups in total. The molecular weight excluding hydrogens is 216 g/mol. The highest BCUT2D eigenvalue weighted by Gasteiger charge is 2.21. The number of Topliss-reactive ketones (excluding diaryl/α,β-unsaturated/α-hetero) is 1. The molecule has 0 saturated carbocycles. The van der Waals surface area contributed by atoms with E-state index in [1.165, 1.54) is 0 Å². The lowest BCUT2D eigenvalue weighted by atomic mass is 10.1. The zero-order valence-electron chi connectivity index (χ0n) is 11.9. The Balaban J connectivity index is 0. The third-order valence-corrected chi connectivity index (χ3v) is 2.26. The molecule has 17 heavy (non-hydrogen) atoms. The first-order valence-electron chi connectivity index (χ1n) is 6.63. The lowest BCUT2D eigenvalue weighted by Crippen LogP contribution is -2.45. The second kappa shape index (κ2) is 11.6. The molecule has 1 amide bonds. The Kier molecular flexibility index (Phi) is 12.6. The molecule has 102 valence electrons. The van der Waals surface area contributed by atoms with Crippen LogP contribution in [0.15, 0.2) is 0 Å². The van der Waals surface area contributed by atoms with Crippen LogP contribution in [-0.2, 0) is 9.59 Å². The van der Waals surface area contributed by atoms with Gasteiger partial charge in [-0.3, -0.25) is 9.59 Å². The van der Waals surface area contributed by atoms with Crippen LogP contribution in [0.4, 0.5) is 0 Å². The van der Waals surface area contributed by atoms with Crippen LogP contribution in [0.25, 0.3) is 0 Å². The summed E-state index contributed by atoms with van der Waals surface area (Å²) in [6.45, 7) is 9.86. The van der Waals surface area contributed by atoms with Crippen LogP contribution in [0, 0.1) is 0 Å². The van der Waals surface area contributed by atoms with Gasteiger partial charge in [-0.15, -0.1) is 0 Å². The Hall–Kier alpha value is -0.900.